The summed E-state index contributed by atoms with van der Waals surface area (Å²) in [6, 6.07) is 12.6. The quantitative estimate of drug-likeness (QED) is 0.684. The molecule has 0 saturated heterocycles. The van der Waals surface area contributed by atoms with Gasteiger partial charge in [0.25, 0.3) is 5.91 Å². The number of ether oxygens (including phenoxy) is 1. The van der Waals surface area contributed by atoms with Gasteiger partial charge in [-0.2, -0.15) is 5.10 Å². The Bertz CT molecular complexity index is 1040. The Labute approximate surface area is 161 Å². The van der Waals surface area contributed by atoms with Crippen LogP contribution in [0.3, 0.4) is 0 Å². The normalized spacial score (nSPS) is 10.6. The number of carbonyl (C=O) groups is 2. The molecule has 3 rings (SSSR count). The summed E-state index contributed by atoms with van der Waals surface area (Å²) in [6.45, 7) is 3.94. The van der Waals surface area contributed by atoms with Crippen LogP contribution in [0.25, 0.3) is 0 Å². The number of hydrogen-bond donors (Lipinski definition) is 1. The van der Waals surface area contributed by atoms with Crippen LogP contribution >= 0.6 is 0 Å². The number of anilines is 1. The number of aryl methyl sites for hydroxylation is 1. The first-order valence-electron chi connectivity index (χ1n) is 8.68. The summed E-state index contributed by atoms with van der Waals surface area (Å²) < 4.78 is 19.9. The first-order valence-corrected chi connectivity index (χ1v) is 8.68. The number of halogens is 1. The molecule has 28 heavy (non-hydrogen) atoms. The molecular formula is C21H20FN3O3. The van der Waals surface area contributed by atoms with Crippen molar-refractivity contribution in [2.75, 3.05) is 12.4 Å². The molecule has 0 unspecified atom stereocenters. The predicted molar refractivity (Wildman–Crippen MR) is 103 cm³/mol. The van der Waals surface area contributed by atoms with Crippen molar-refractivity contribution in [1.82, 2.24) is 9.78 Å². The van der Waals surface area contributed by atoms with Crippen LogP contribution in [0.4, 0.5) is 10.1 Å². The Hall–Kier alpha value is -3.48. The van der Waals surface area contributed by atoms with Crippen molar-refractivity contribution in [3.63, 3.8) is 0 Å². The van der Waals surface area contributed by atoms with Gasteiger partial charge in [0, 0.05) is 5.56 Å². The third-order valence-electron chi connectivity index (χ3n) is 4.45. The van der Waals surface area contributed by atoms with Crippen molar-refractivity contribution < 1.29 is 18.7 Å². The molecule has 6 nitrogen and oxygen atoms in total. The van der Waals surface area contributed by atoms with Crippen LogP contribution < -0.4 is 5.32 Å². The standard InChI is InChI=1S/C21H20FN3O3/c1-13-19(23-20(26)15-8-6-9-17(22)11-15)14(2)25(24-13)12-16-7-4-5-10-18(16)21(27)28-3/h4-11H,12H2,1-3H3,(H,23,26). The van der Waals surface area contributed by atoms with Gasteiger partial charge in [0.1, 0.15) is 5.82 Å². The topological polar surface area (TPSA) is 73.2 Å². The zero-order valence-electron chi connectivity index (χ0n) is 15.8. The highest BCUT2D eigenvalue weighted by Crippen LogP contribution is 2.22. The van der Waals surface area contributed by atoms with Crippen molar-refractivity contribution in [1.29, 1.82) is 0 Å². The lowest BCUT2D eigenvalue weighted by atomic mass is 10.1. The maximum absolute atomic E-state index is 13.4. The SMILES string of the molecule is COC(=O)c1ccccc1Cn1nc(C)c(NC(=O)c2cccc(F)c2)c1C. The highest BCUT2D eigenvalue weighted by Gasteiger charge is 2.18. The van der Waals surface area contributed by atoms with E-state index in [1.807, 2.05) is 19.1 Å². The average Bonchev–Trinajstić information content (AvgIpc) is 2.95. The van der Waals surface area contributed by atoms with Gasteiger partial charge in [-0.05, 0) is 43.7 Å². The number of carbonyl (C=O) groups excluding carboxylic acids is 2. The monoisotopic (exact) mass is 381 g/mol. The number of aromatic nitrogens is 2. The summed E-state index contributed by atoms with van der Waals surface area (Å²) in [6.07, 6.45) is 0. The van der Waals surface area contributed by atoms with Gasteiger partial charge in [-0.25, -0.2) is 9.18 Å². The number of nitrogens with one attached hydrogen (secondary N) is 1. The van der Waals surface area contributed by atoms with Gasteiger partial charge in [-0.1, -0.05) is 24.3 Å². The first kappa shape index (κ1) is 19.3. The molecule has 1 amide bonds. The minimum Gasteiger partial charge on any atom is -0.465 e. The molecule has 1 N–H and O–H groups in total. The van der Waals surface area contributed by atoms with E-state index in [9.17, 15) is 14.0 Å². The number of rotatable bonds is 5. The molecular weight excluding hydrogens is 361 g/mol. The van der Waals surface area contributed by atoms with Crippen molar-refractivity contribution >= 4 is 17.6 Å². The molecule has 3 aromatic rings. The summed E-state index contributed by atoms with van der Waals surface area (Å²) in [4.78, 5) is 24.4. The summed E-state index contributed by atoms with van der Waals surface area (Å²) in [5, 5.41) is 7.27. The lowest BCUT2D eigenvalue weighted by molar-refractivity contribution is 0.0599. The molecule has 0 radical (unpaired) electrons. The molecule has 0 fully saturated rings. The van der Waals surface area contributed by atoms with Crippen LogP contribution in [0.5, 0.6) is 0 Å². The highest BCUT2D eigenvalue weighted by molar-refractivity contribution is 6.04. The van der Waals surface area contributed by atoms with E-state index in [2.05, 4.69) is 10.4 Å². The summed E-state index contributed by atoms with van der Waals surface area (Å²) >= 11 is 0. The lowest BCUT2D eigenvalue weighted by Crippen LogP contribution is -2.14. The molecule has 0 saturated carbocycles. The molecule has 144 valence electrons. The third-order valence-corrected chi connectivity index (χ3v) is 4.45. The van der Waals surface area contributed by atoms with Crippen LogP contribution in [-0.2, 0) is 11.3 Å². The molecule has 1 aromatic heterocycles. The number of amides is 1. The number of nitrogens with zero attached hydrogens (tertiary/aromatic N) is 2. The molecule has 0 aliphatic carbocycles. The van der Waals surface area contributed by atoms with Crippen LogP contribution in [0.1, 0.15) is 37.7 Å². The smallest absolute Gasteiger partial charge is 0.338 e. The number of esters is 1. The minimum atomic E-state index is -0.476. The number of methoxy groups -OCH3 is 1. The summed E-state index contributed by atoms with van der Waals surface area (Å²) in [7, 11) is 1.34. The van der Waals surface area contributed by atoms with Gasteiger partial charge in [0.05, 0.1) is 36.3 Å². The van der Waals surface area contributed by atoms with Gasteiger partial charge in [-0.3, -0.25) is 9.48 Å². The summed E-state index contributed by atoms with van der Waals surface area (Å²) in [5.74, 6) is -1.31. The third kappa shape index (κ3) is 3.93. The van der Waals surface area contributed by atoms with Crippen molar-refractivity contribution in [3.8, 4) is 0 Å². The first-order chi connectivity index (χ1) is 13.4. The van der Waals surface area contributed by atoms with E-state index in [1.165, 1.54) is 25.3 Å². The van der Waals surface area contributed by atoms with E-state index in [4.69, 9.17) is 4.74 Å². The Morgan fingerprint density at radius 2 is 1.89 bits per heavy atom. The maximum atomic E-state index is 13.4. The summed E-state index contributed by atoms with van der Waals surface area (Å²) in [5.41, 5.74) is 3.35. The molecule has 0 aliphatic rings. The van der Waals surface area contributed by atoms with Crippen molar-refractivity contribution in [3.05, 3.63) is 82.4 Å². The molecule has 0 aliphatic heterocycles. The molecule has 0 atom stereocenters. The van der Waals surface area contributed by atoms with E-state index in [1.54, 1.807) is 29.8 Å². The number of hydrogen-bond acceptors (Lipinski definition) is 4. The van der Waals surface area contributed by atoms with Crippen molar-refractivity contribution in [2.24, 2.45) is 0 Å². The van der Waals surface area contributed by atoms with E-state index < -0.39 is 17.7 Å². The minimum absolute atomic E-state index is 0.225. The van der Waals surface area contributed by atoms with Gasteiger partial charge >= 0.3 is 5.97 Å². The Morgan fingerprint density at radius 1 is 1.14 bits per heavy atom. The van der Waals surface area contributed by atoms with Crippen LogP contribution in [-0.4, -0.2) is 28.8 Å². The van der Waals surface area contributed by atoms with Crippen molar-refractivity contribution in [2.45, 2.75) is 20.4 Å². The maximum Gasteiger partial charge on any atom is 0.338 e. The lowest BCUT2D eigenvalue weighted by Gasteiger charge is -2.10. The van der Waals surface area contributed by atoms with Gasteiger partial charge in [0.2, 0.25) is 0 Å². The second-order valence-corrected chi connectivity index (χ2v) is 6.32. The van der Waals surface area contributed by atoms with Gasteiger partial charge < -0.3 is 10.1 Å². The van der Waals surface area contributed by atoms with E-state index in [0.29, 0.717) is 23.5 Å². The molecule has 0 spiro atoms. The Morgan fingerprint density at radius 3 is 2.61 bits per heavy atom. The molecule has 2 aromatic carbocycles. The van der Waals surface area contributed by atoms with Crippen LogP contribution in [0.2, 0.25) is 0 Å². The Kier molecular flexibility index (Phi) is 5.54. The van der Waals surface area contributed by atoms with Crippen LogP contribution in [0.15, 0.2) is 48.5 Å². The van der Waals surface area contributed by atoms with Gasteiger partial charge in [0.15, 0.2) is 0 Å². The largest absolute Gasteiger partial charge is 0.465 e. The number of benzene rings is 2. The molecule has 7 heteroatoms. The average molecular weight is 381 g/mol. The van der Waals surface area contributed by atoms with E-state index >= 15 is 0 Å². The van der Waals surface area contributed by atoms with Gasteiger partial charge in [-0.15, -0.1) is 0 Å². The predicted octanol–water partition coefficient (Wildman–Crippen LogP) is 3.73. The second-order valence-electron chi connectivity index (χ2n) is 6.32. The van der Waals surface area contributed by atoms with Crippen LogP contribution in [0, 0.1) is 19.7 Å². The fraction of sp³-hybridized carbons (Fsp3) is 0.190. The van der Waals surface area contributed by atoms with E-state index in [0.717, 1.165) is 11.3 Å². The second kappa shape index (κ2) is 8.04. The molecule has 0 bridgehead atoms. The molecule has 1 heterocycles. The Balaban J connectivity index is 1.87. The highest BCUT2D eigenvalue weighted by atomic mass is 19.1. The van der Waals surface area contributed by atoms with E-state index in [-0.39, 0.29) is 5.56 Å². The fourth-order valence-electron chi connectivity index (χ4n) is 2.98. The zero-order valence-corrected chi connectivity index (χ0v) is 15.8. The fourth-order valence-corrected chi connectivity index (χ4v) is 2.98. The zero-order chi connectivity index (χ0) is 20.3.